The van der Waals surface area contributed by atoms with Crippen molar-refractivity contribution in [2.75, 3.05) is 45.2 Å². The van der Waals surface area contributed by atoms with Gasteiger partial charge >= 0.3 is 0 Å². The number of nitrogens with zero attached hydrogens (tertiary/aromatic N) is 8. The topological polar surface area (TPSA) is 130 Å². The summed E-state index contributed by atoms with van der Waals surface area (Å²) in [5.41, 5.74) is 4.65. The quantitative estimate of drug-likeness (QED) is 0.209. The Hall–Kier alpha value is -5.66. The molecule has 0 spiro atoms. The highest BCUT2D eigenvalue weighted by molar-refractivity contribution is 7.17. The Balaban J connectivity index is 0.944. The normalized spacial score (nSPS) is 18.3. The summed E-state index contributed by atoms with van der Waals surface area (Å²) in [6.45, 7) is 5.50. The molecule has 8 rings (SSSR count). The number of aromatic nitrogens is 5. The summed E-state index contributed by atoms with van der Waals surface area (Å²) in [5, 5.41) is 13.0. The number of carbonyl (C=O) groups excluding carboxylic acids is 2. The molecule has 0 bridgehead atoms. The molecule has 2 aliphatic rings. The van der Waals surface area contributed by atoms with Gasteiger partial charge in [0.2, 0.25) is 5.91 Å². The van der Waals surface area contributed by atoms with Gasteiger partial charge in [0, 0.05) is 87.1 Å². The molecule has 6 heterocycles. The van der Waals surface area contributed by atoms with Crippen LogP contribution in [0.2, 0.25) is 0 Å². The molecule has 0 unspecified atom stereocenters. The SMILES string of the molecule is Cc1ccc(-c2nc(C)c(C(=O)N3CC[C@@H](C(=O)N4CCC(O)(Cn5cnc6c(ccn6-c6ccc(N(C)C)cc6)c5=O)CC4)[C@H](c4ccccc4)C3)s2)cn1. The summed E-state index contributed by atoms with van der Waals surface area (Å²) in [7, 11) is 3.98. The van der Waals surface area contributed by atoms with Crippen molar-refractivity contribution in [1.82, 2.24) is 33.9 Å². The van der Waals surface area contributed by atoms with E-state index in [0.29, 0.717) is 67.0 Å². The van der Waals surface area contributed by atoms with Gasteiger partial charge in [-0.3, -0.25) is 23.9 Å². The molecule has 2 aromatic carbocycles. The zero-order valence-electron chi connectivity index (χ0n) is 32.1. The zero-order valence-corrected chi connectivity index (χ0v) is 32.9. The predicted octanol–water partition coefficient (Wildman–Crippen LogP) is 5.69. The lowest BCUT2D eigenvalue weighted by Crippen LogP contribution is -2.53. The molecule has 2 amide bonds. The molecule has 4 aromatic heterocycles. The Morgan fingerprint density at radius 1 is 0.929 bits per heavy atom. The van der Waals surface area contributed by atoms with E-state index in [0.717, 1.165) is 33.2 Å². The van der Waals surface area contributed by atoms with Gasteiger partial charge in [-0.05, 0) is 81.1 Å². The van der Waals surface area contributed by atoms with E-state index in [-0.39, 0.29) is 35.8 Å². The van der Waals surface area contributed by atoms with Crippen LogP contribution in [-0.4, -0.2) is 96.7 Å². The molecule has 0 saturated carbocycles. The van der Waals surface area contributed by atoms with E-state index >= 15 is 0 Å². The minimum Gasteiger partial charge on any atom is -0.388 e. The number of likely N-dealkylation sites (tertiary alicyclic amines) is 2. The van der Waals surface area contributed by atoms with Gasteiger partial charge in [0.05, 0.1) is 23.2 Å². The third kappa shape index (κ3) is 7.24. The molecule has 56 heavy (non-hydrogen) atoms. The molecule has 2 aliphatic heterocycles. The number of fused-ring (bicyclic) bond motifs is 1. The van der Waals surface area contributed by atoms with Crippen LogP contribution in [0.5, 0.6) is 0 Å². The number of pyridine rings is 1. The van der Waals surface area contributed by atoms with E-state index in [9.17, 15) is 19.5 Å². The molecule has 2 saturated heterocycles. The van der Waals surface area contributed by atoms with Crippen LogP contribution in [0.4, 0.5) is 5.69 Å². The molecule has 288 valence electrons. The van der Waals surface area contributed by atoms with Crippen LogP contribution in [-0.2, 0) is 11.3 Å². The number of hydrogen-bond acceptors (Lipinski definition) is 9. The Morgan fingerprint density at radius 2 is 1.68 bits per heavy atom. The second-order valence-corrected chi connectivity index (χ2v) is 16.3. The standard InChI is InChI=1S/C43H46N8O4S/c1-28-10-11-31(24-44-28)39-46-29(2)37(56-39)42(54)49-20-16-34(36(25-49)30-8-6-5-7-9-30)40(52)48-22-18-43(55,19-23-48)26-50-27-45-38-35(41(50)53)17-21-51(38)33-14-12-32(13-15-33)47(3)4/h5-15,17,21,24,27,34,36,55H,16,18-20,22-23,25-26H2,1-4H3/t34-,36+/m1/s1. The van der Waals surface area contributed by atoms with Gasteiger partial charge in [0.15, 0.2) is 5.65 Å². The lowest BCUT2D eigenvalue weighted by molar-refractivity contribution is -0.142. The molecule has 13 heteroatoms. The molecular weight excluding hydrogens is 725 g/mol. The van der Waals surface area contributed by atoms with E-state index in [1.165, 1.54) is 22.2 Å². The summed E-state index contributed by atoms with van der Waals surface area (Å²) < 4.78 is 3.38. The molecule has 0 radical (unpaired) electrons. The van der Waals surface area contributed by atoms with Gasteiger partial charge < -0.3 is 24.4 Å². The number of benzene rings is 2. The van der Waals surface area contributed by atoms with Crippen LogP contribution in [0, 0.1) is 19.8 Å². The first-order valence-electron chi connectivity index (χ1n) is 19.1. The Kier molecular flexibility index (Phi) is 10.1. The van der Waals surface area contributed by atoms with Gasteiger partial charge in [-0.1, -0.05) is 30.3 Å². The van der Waals surface area contributed by atoms with Gasteiger partial charge in [0.1, 0.15) is 16.2 Å². The van der Waals surface area contributed by atoms with E-state index in [1.54, 1.807) is 12.3 Å². The molecule has 2 atom stereocenters. The van der Waals surface area contributed by atoms with Crippen LogP contribution >= 0.6 is 11.3 Å². The lowest BCUT2D eigenvalue weighted by Gasteiger charge is -2.43. The fraction of sp³-hybridized carbons (Fsp3) is 0.349. The largest absolute Gasteiger partial charge is 0.388 e. The number of amides is 2. The van der Waals surface area contributed by atoms with Crippen molar-refractivity contribution in [2.45, 2.75) is 51.2 Å². The third-order valence-electron chi connectivity index (χ3n) is 11.4. The molecule has 6 aromatic rings. The van der Waals surface area contributed by atoms with Crippen molar-refractivity contribution in [3.63, 3.8) is 0 Å². The summed E-state index contributed by atoms with van der Waals surface area (Å²) in [6.07, 6.45) is 6.33. The molecule has 2 fully saturated rings. The fourth-order valence-electron chi connectivity index (χ4n) is 8.07. The number of anilines is 1. The van der Waals surface area contributed by atoms with Crippen molar-refractivity contribution in [2.24, 2.45) is 5.92 Å². The summed E-state index contributed by atoms with van der Waals surface area (Å²) >= 11 is 1.38. The lowest BCUT2D eigenvalue weighted by atomic mass is 9.79. The van der Waals surface area contributed by atoms with Gasteiger partial charge in [0.25, 0.3) is 11.5 Å². The third-order valence-corrected chi connectivity index (χ3v) is 12.6. The van der Waals surface area contributed by atoms with Crippen LogP contribution in [0.15, 0.2) is 96.3 Å². The van der Waals surface area contributed by atoms with E-state index in [1.807, 2.05) is 120 Å². The minimum atomic E-state index is -1.17. The van der Waals surface area contributed by atoms with Crippen molar-refractivity contribution in [3.05, 3.63) is 124 Å². The number of rotatable bonds is 8. The first-order chi connectivity index (χ1) is 27.0. The average Bonchev–Trinajstić information content (AvgIpc) is 3.83. The number of piperidine rings is 2. The van der Waals surface area contributed by atoms with Crippen LogP contribution in [0.3, 0.4) is 0 Å². The summed E-state index contributed by atoms with van der Waals surface area (Å²) in [5.74, 6) is -0.539. The van der Waals surface area contributed by atoms with Crippen molar-refractivity contribution in [3.8, 4) is 16.3 Å². The van der Waals surface area contributed by atoms with Gasteiger partial charge in [-0.2, -0.15) is 0 Å². The van der Waals surface area contributed by atoms with E-state index in [2.05, 4.69) is 9.97 Å². The minimum absolute atomic E-state index is 0.0383. The number of carbonyl (C=O) groups is 2. The predicted molar refractivity (Wildman–Crippen MR) is 218 cm³/mol. The number of aliphatic hydroxyl groups is 1. The molecule has 1 N–H and O–H groups in total. The van der Waals surface area contributed by atoms with Gasteiger partial charge in [-0.25, -0.2) is 9.97 Å². The van der Waals surface area contributed by atoms with Gasteiger partial charge in [-0.15, -0.1) is 11.3 Å². The number of hydrogen-bond donors (Lipinski definition) is 1. The second kappa shape index (κ2) is 15.1. The average molecular weight is 771 g/mol. The molecule has 12 nitrogen and oxygen atoms in total. The van der Waals surface area contributed by atoms with E-state index < -0.39 is 5.60 Å². The van der Waals surface area contributed by atoms with Crippen molar-refractivity contribution < 1.29 is 14.7 Å². The van der Waals surface area contributed by atoms with Crippen LogP contribution in [0.1, 0.15) is 51.8 Å². The first kappa shape index (κ1) is 37.3. The monoisotopic (exact) mass is 770 g/mol. The maximum atomic E-state index is 14.3. The zero-order chi connectivity index (χ0) is 39.1. The Labute approximate surface area is 329 Å². The Morgan fingerprint density at radius 3 is 2.38 bits per heavy atom. The highest BCUT2D eigenvalue weighted by atomic mass is 32.1. The molecule has 0 aliphatic carbocycles. The highest BCUT2D eigenvalue weighted by Crippen LogP contribution is 2.37. The van der Waals surface area contributed by atoms with E-state index in [4.69, 9.17) is 4.98 Å². The molecular formula is C43H46N8O4S. The maximum Gasteiger partial charge on any atom is 0.265 e. The fourth-order valence-corrected chi connectivity index (χ4v) is 9.09. The first-order valence-corrected chi connectivity index (χ1v) is 19.9. The van der Waals surface area contributed by atoms with Crippen LogP contribution < -0.4 is 10.5 Å². The van der Waals surface area contributed by atoms with Crippen LogP contribution in [0.25, 0.3) is 27.3 Å². The number of aryl methyl sites for hydroxylation is 2. The Bertz CT molecular complexity index is 2430. The number of thiazole rings is 1. The van der Waals surface area contributed by atoms with Crippen molar-refractivity contribution >= 4 is 39.9 Å². The second-order valence-electron chi connectivity index (χ2n) is 15.3. The highest BCUT2D eigenvalue weighted by Gasteiger charge is 2.42. The maximum absolute atomic E-state index is 14.3. The summed E-state index contributed by atoms with van der Waals surface area (Å²) in [6, 6.07) is 23.7. The smallest absolute Gasteiger partial charge is 0.265 e. The summed E-state index contributed by atoms with van der Waals surface area (Å²) in [4.78, 5) is 62.1. The van der Waals surface area contributed by atoms with Crippen molar-refractivity contribution in [1.29, 1.82) is 0 Å².